The summed E-state index contributed by atoms with van der Waals surface area (Å²) in [5.41, 5.74) is 14.2. The van der Waals surface area contributed by atoms with Gasteiger partial charge in [0.05, 0.1) is 16.7 Å². The minimum absolute atomic E-state index is 0.200. The summed E-state index contributed by atoms with van der Waals surface area (Å²) in [4.78, 5) is 9.93. The third kappa shape index (κ3) is 4.71. The van der Waals surface area contributed by atoms with Gasteiger partial charge >= 0.3 is 0 Å². The number of pyridine rings is 2. The summed E-state index contributed by atoms with van der Waals surface area (Å²) in [7, 11) is 0. The molecule has 0 radical (unpaired) electrons. The monoisotopic (exact) mass is 724 g/mol. The van der Waals surface area contributed by atoms with E-state index >= 15 is 0 Å². The number of nitrogens with zero attached hydrogens (tertiary/aromatic N) is 2. The van der Waals surface area contributed by atoms with Gasteiger partial charge in [0, 0.05) is 27.9 Å². The Kier molecular flexibility index (Phi) is 6.72. The van der Waals surface area contributed by atoms with Crippen LogP contribution in [-0.4, -0.2) is 9.97 Å². The lowest BCUT2D eigenvalue weighted by atomic mass is 9.78. The SMILES string of the molecule is CC1(C)c2ccccc2-c2nc3ccc4ccccc4c3c(-c3ccc(-c4ccc5c6ccc(-c7ccc8ncccc8c7)cc6c6ccccc6c5c4)cc3)c21. The first-order chi connectivity index (χ1) is 28.0. The Morgan fingerprint density at radius 2 is 0.965 bits per heavy atom. The van der Waals surface area contributed by atoms with Gasteiger partial charge in [0.2, 0.25) is 0 Å². The van der Waals surface area contributed by atoms with E-state index in [9.17, 15) is 0 Å². The quantitative estimate of drug-likeness (QED) is 0.170. The molecular weight excluding hydrogens is 689 g/mol. The van der Waals surface area contributed by atoms with Gasteiger partial charge in [-0.2, -0.15) is 0 Å². The van der Waals surface area contributed by atoms with Gasteiger partial charge in [-0.25, -0.2) is 4.98 Å². The fraction of sp³-hybridized carbons (Fsp3) is 0.0545. The minimum atomic E-state index is -0.200. The van der Waals surface area contributed by atoms with Crippen molar-refractivity contribution in [2.45, 2.75) is 19.3 Å². The zero-order valence-corrected chi connectivity index (χ0v) is 31.7. The summed E-state index contributed by atoms with van der Waals surface area (Å²) in [6.07, 6.45) is 1.85. The Morgan fingerprint density at radius 1 is 0.404 bits per heavy atom. The van der Waals surface area contributed by atoms with Gasteiger partial charge in [-0.15, -0.1) is 0 Å². The van der Waals surface area contributed by atoms with E-state index in [-0.39, 0.29) is 5.41 Å². The van der Waals surface area contributed by atoms with E-state index in [4.69, 9.17) is 4.98 Å². The van der Waals surface area contributed by atoms with Gasteiger partial charge < -0.3 is 0 Å². The average Bonchev–Trinajstić information content (AvgIpc) is 3.50. The molecule has 57 heavy (non-hydrogen) atoms. The van der Waals surface area contributed by atoms with Crippen LogP contribution in [0, 0.1) is 0 Å². The van der Waals surface area contributed by atoms with Crippen LogP contribution in [0.25, 0.3) is 110 Å². The zero-order valence-electron chi connectivity index (χ0n) is 31.7. The van der Waals surface area contributed by atoms with E-state index in [0.717, 1.165) is 22.1 Å². The molecule has 0 atom stereocenters. The molecule has 0 saturated heterocycles. The Morgan fingerprint density at radius 3 is 1.74 bits per heavy atom. The van der Waals surface area contributed by atoms with Crippen molar-refractivity contribution in [2.75, 3.05) is 0 Å². The van der Waals surface area contributed by atoms with E-state index in [0.29, 0.717) is 0 Å². The average molecular weight is 725 g/mol. The molecule has 12 rings (SSSR count). The van der Waals surface area contributed by atoms with Crippen molar-refractivity contribution < 1.29 is 0 Å². The molecule has 0 amide bonds. The molecule has 0 fully saturated rings. The molecule has 0 saturated carbocycles. The van der Waals surface area contributed by atoms with Crippen LogP contribution in [0.2, 0.25) is 0 Å². The Hall–Kier alpha value is -7.16. The smallest absolute Gasteiger partial charge is 0.0759 e. The topological polar surface area (TPSA) is 25.8 Å². The maximum absolute atomic E-state index is 5.40. The second kappa shape index (κ2) is 11.9. The molecule has 0 unspecified atom stereocenters. The molecule has 0 bridgehead atoms. The van der Waals surface area contributed by atoms with Gasteiger partial charge in [-0.05, 0) is 124 Å². The second-order valence-electron chi connectivity index (χ2n) is 16.1. The Bertz CT molecular complexity index is 3460. The van der Waals surface area contributed by atoms with E-state index < -0.39 is 0 Å². The maximum Gasteiger partial charge on any atom is 0.0759 e. The molecule has 0 spiro atoms. The highest BCUT2D eigenvalue weighted by molar-refractivity contribution is 6.26. The van der Waals surface area contributed by atoms with Crippen molar-refractivity contribution in [1.82, 2.24) is 9.97 Å². The number of hydrogen-bond acceptors (Lipinski definition) is 2. The molecule has 11 aromatic rings. The second-order valence-corrected chi connectivity index (χ2v) is 16.1. The van der Waals surface area contributed by atoms with Crippen molar-refractivity contribution in [1.29, 1.82) is 0 Å². The summed E-state index contributed by atoms with van der Waals surface area (Å²) < 4.78 is 0. The van der Waals surface area contributed by atoms with Gasteiger partial charge in [-0.3, -0.25) is 4.98 Å². The lowest BCUT2D eigenvalue weighted by Gasteiger charge is -2.25. The molecule has 1 aliphatic carbocycles. The maximum atomic E-state index is 5.40. The van der Waals surface area contributed by atoms with Crippen LogP contribution < -0.4 is 0 Å². The highest BCUT2D eigenvalue weighted by Crippen LogP contribution is 2.54. The summed E-state index contributed by atoms with van der Waals surface area (Å²) in [6, 6.07) is 64.8. The van der Waals surface area contributed by atoms with E-state index in [1.54, 1.807) is 0 Å². The first-order valence-corrected chi connectivity index (χ1v) is 19.8. The number of aromatic nitrogens is 2. The third-order valence-corrected chi connectivity index (χ3v) is 12.6. The molecule has 2 nitrogen and oxygen atoms in total. The number of benzene rings is 9. The summed E-state index contributed by atoms with van der Waals surface area (Å²) in [6.45, 7) is 4.72. The molecule has 2 heteroatoms. The van der Waals surface area contributed by atoms with Crippen LogP contribution in [-0.2, 0) is 5.41 Å². The fourth-order valence-corrected chi connectivity index (χ4v) is 9.90. The van der Waals surface area contributed by atoms with Gasteiger partial charge in [-0.1, -0.05) is 153 Å². The summed E-state index contributed by atoms with van der Waals surface area (Å²) >= 11 is 0. The summed E-state index contributed by atoms with van der Waals surface area (Å²) in [5, 5.41) is 12.5. The number of fused-ring (bicyclic) bond motifs is 13. The number of rotatable bonds is 3. The first kappa shape index (κ1) is 32.1. The van der Waals surface area contributed by atoms with Crippen LogP contribution in [0.15, 0.2) is 182 Å². The molecule has 2 aromatic heterocycles. The molecule has 0 aliphatic heterocycles. The largest absolute Gasteiger partial charge is 0.256 e. The van der Waals surface area contributed by atoms with Crippen LogP contribution in [0.1, 0.15) is 25.0 Å². The fourth-order valence-electron chi connectivity index (χ4n) is 9.90. The van der Waals surface area contributed by atoms with Crippen LogP contribution in [0.4, 0.5) is 0 Å². The van der Waals surface area contributed by atoms with Crippen molar-refractivity contribution in [3.05, 3.63) is 193 Å². The molecule has 1 aliphatic rings. The molecule has 9 aromatic carbocycles. The van der Waals surface area contributed by atoms with Crippen LogP contribution in [0.3, 0.4) is 0 Å². The molecule has 0 N–H and O–H groups in total. The highest BCUT2D eigenvalue weighted by Gasteiger charge is 2.39. The Labute approximate surface area is 330 Å². The van der Waals surface area contributed by atoms with Crippen molar-refractivity contribution in [3.8, 4) is 44.6 Å². The van der Waals surface area contributed by atoms with E-state index in [1.165, 1.54) is 98.5 Å². The van der Waals surface area contributed by atoms with Crippen molar-refractivity contribution >= 4 is 64.9 Å². The van der Waals surface area contributed by atoms with Crippen molar-refractivity contribution in [2.24, 2.45) is 0 Å². The highest BCUT2D eigenvalue weighted by atomic mass is 14.7. The van der Waals surface area contributed by atoms with E-state index in [2.05, 4.69) is 189 Å². The number of hydrogen-bond donors (Lipinski definition) is 0. The predicted molar refractivity (Wildman–Crippen MR) is 241 cm³/mol. The minimum Gasteiger partial charge on any atom is -0.256 e. The predicted octanol–water partition coefficient (Wildman–Crippen LogP) is 14.7. The third-order valence-electron chi connectivity index (χ3n) is 12.6. The Balaban J connectivity index is 1.01. The van der Waals surface area contributed by atoms with Crippen LogP contribution in [0.5, 0.6) is 0 Å². The van der Waals surface area contributed by atoms with Crippen molar-refractivity contribution in [3.63, 3.8) is 0 Å². The van der Waals surface area contributed by atoms with Crippen LogP contribution >= 0.6 is 0 Å². The lowest BCUT2D eigenvalue weighted by molar-refractivity contribution is 0.662. The lowest BCUT2D eigenvalue weighted by Crippen LogP contribution is -2.16. The normalized spacial score (nSPS) is 13.2. The summed E-state index contributed by atoms with van der Waals surface area (Å²) in [5.74, 6) is 0. The molecular formula is C55H36N2. The molecule has 266 valence electrons. The molecule has 2 heterocycles. The standard InChI is InChI=1S/C55H36N2/c1-55(2)48-16-8-7-15-45(48)54-53(55)51(52-40-12-4-3-10-34(40)23-28-50(52)57-54)35-19-17-33(18-20-35)37-21-25-43-44-26-22-38(36-24-27-49-39(30-36)11-9-29-56-49)32-47(44)42-14-6-5-13-41(42)46(43)31-37/h3-32H,1-2H3. The van der Waals surface area contributed by atoms with E-state index in [1.807, 2.05) is 12.3 Å². The van der Waals surface area contributed by atoms with Gasteiger partial charge in [0.15, 0.2) is 0 Å². The first-order valence-electron chi connectivity index (χ1n) is 19.8. The van der Waals surface area contributed by atoms with Gasteiger partial charge in [0.25, 0.3) is 0 Å². The zero-order chi connectivity index (χ0) is 37.8. The van der Waals surface area contributed by atoms with Gasteiger partial charge in [0.1, 0.15) is 0 Å².